The SMILES string of the molecule is Cc1noc(C)c1C(C)NC(=O)c1ccnc(F)c1F. The van der Waals surface area contributed by atoms with Gasteiger partial charge in [0.15, 0.2) is 5.82 Å². The van der Waals surface area contributed by atoms with E-state index in [-0.39, 0.29) is 0 Å². The second-order valence-electron chi connectivity index (χ2n) is 4.40. The van der Waals surface area contributed by atoms with Gasteiger partial charge in [-0.1, -0.05) is 5.16 Å². The molecule has 1 amide bonds. The monoisotopic (exact) mass is 281 g/mol. The fourth-order valence-corrected chi connectivity index (χ4v) is 2.05. The van der Waals surface area contributed by atoms with Gasteiger partial charge in [0.1, 0.15) is 5.76 Å². The van der Waals surface area contributed by atoms with Crippen LogP contribution in [0.25, 0.3) is 0 Å². The minimum absolute atomic E-state index is 0.392. The van der Waals surface area contributed by atoms with Crippen LogP contribution in [0.5, 0.6) is 0 Å². The van der Waals surface area contributed by atoms with Crippen molar-refractivity contribution in [3.8, 4) is 0 Å². The second-order valence-corrected chi connectivity index (χ2v) is 4.40. The molecule has 0 aliphatic carbocycles. The van der Waals surface area contributed by atoms with Gasteiger partial charge in [0.05, 0.1) is 17.3 Å². The second kappa shape index (κ2) is 5.36. The molecule has 0 aliphatic heterocycles. The molecule has 7 heteroatoms. The lowest BCUT2D eigenvalue weighted by atomic mass is 10.1. The van der Waals surface area contributed by atoms with Crippen molar-refractivity contribution in [3.63, 3.8) is 0 Å². The van der Waals surface area contributed by atoms with E-state index < -0.39 is 29.3 Å². The maximum Gasteiger partial charge on any atom is 0.254 e. The molecular formula is C13H13F2N3O2. The van der Waals surface area contributed by atoms with Crippen LogP contribution in [0.3, 0.4) is 0 Å². The van der Waals surface area contributed by atoms with Gasteiger partial charge in [-0.05, 0) is 26.8 Å². The van der Waals surface area contributed by atoms with E-state index in [1.54, 1.807) is 20.8 Å². The van der Waals surface area contributed by atoms with Gasteiger partial charge in [-0.15, -0.1) is 0 Å². The Balaban J connectivity index is 2.22. The molecular weight excluding hydrogens is 268 g/mol. The van der Waals surface area contributed by atoms with Crippen LogP contribution < -0.4 is 5.32 Å². The first-order valence-electron chi connectivity index (χ1n) is 5.95. The average molecular weight is 281 g/mol. The highest BCUT2D eigenvalue weighted by Crippen LogP contribution is 2.21. The summed E-state index contributed by atoms with van der Waals surface area (Å²) in [7, 11) is 0. The van der Waals surface area contributed by atoms with Gasteiger partial charge in [-0.2, -0.15) is 4.39 Å². The van der Waals surface area contributed by atoms with E-state index in [1.807, 2.05) is 0 Å². The van der Waals surface area contributed by atoms with Crippen LogP contribution in [-0.4, -0.2) is 16.0 Å². The van der Waals surface area contributed by atoms with Crippen LogP contribution in [-0.2, 0) is 0 Å². The third-order valence-corrected chi connectivity index (χ3v) is 2.96. The van der Waals surface area contributed by atoms with E-state index in [1.165, 1.54) is 0 Å². The first-order chi connectivity index (χ1) is 9.41. The Morgan fingerprint density at radius 2 is 2.10 bits per heavy atom. The lowest BCUT2D eigenvalue weighted by Crippen LogP contribution is -2.28. The molecule has 0 spiro atoms. The number of pyridine rings is 1. The minimum atomic E-state index is -1.30. The van der Waals surface area contributed by atoms with Crippen molar-refractivity contribution in [1.29, 1.82) is 0 Å². The molecule has 1 N–H and O–H groups in total. The highest BCUT2D eigenvalue weighted by Gasteiger charge is 2.21. The maximum atomic E-state index is 13.5. The average Bonchev–Trinajstić information content (AvgIpc) is 2.72. The number of aryl methyl sites for hydroxylation is 2. The lowest BCUT2D eigenvalue weighted by molar-refractivity contribution is 0.0934. The van der Waals surface area contributed by atoms with Crippen molar-refractivity contribution < 1.29 is 18.1 Å². The standard InChI is InChI=1S/C13H13F2N3O2/c1-6(10-7(2)18-20-8(10)3)17-13(19)9-4-5-16-12(15)11(9)14/h4-6H,1-3H3,(H,17,19). The summed E-state index contributed by atoms with van der Waals surface area (Å²) in [5.74, 6) is -2.73. The van der Waals surface area contributed by atoms with E-state index >= 15 is 0 Å². The number of hydrogen-bond donors (Lipinski definition) is 1. The molecule has 2 aromatic rings. The van der Waals surface area contributed by atoms with Crippen LogP contribution in [0.15, 0.2) is 16.8 Å². The Morgan fingerprint density at radius 3 is 2.70 bits per heavy atom. The number of nitrogens with zero attached hydrogens (tertiary/aromatic N) is 2. The first kappa shape index (κ1) is 14.1. The largest absolute Gasteiger partial charge is 0.361 e. The van der Waals surface area contributed by atoms with Crippen molar-refractivity contribution in [2.24, 2.45) is 0 Å². The van der Waals surface area contributed by atoms with E-state index in [4.69, 9.17) is 4.52 Å². The van der Waals surface area contributed by atoms with E-state index in [0.717, 1.165) is 12.3 Å². The predicted octanol–water partition coefficient (Wildman–Crippen LogP) is 2.46. The van der Waals surface area contributed by atoms with E-state index in [9.17, 15) is 13.6 Å². The summed E-state index contributed by atoms with van der Waals surface area (Å²) in [6.07, 6.45) is 1.04. The molecule has 2 aromatic heterocycles. The third kappa shape index (κ3) is 2.52. The van der Waals surface area contributed by atoms with Gasteiger partial charge in [0.2, 0.25) is 5.95 Å². The summed E-state index contributed by atoms with van der Waals surface area (Å²) in [6.45, 7) is 5.16. The van der Waals surface area contributed by atoms with Crippen LogP contribution >= 0.6 is 0 Å². The number of carbonyl (C=O) groups is 1. The van der Waals surface area contributed by atoms with Gasteiger partial charge in [-0.25, -0.2) is 9.37 Å². The highest BCUT2D eigenvalue weighted by molar-refractivity contribution is 5.94. The fourth-order valence-electron chi connectivity index (χ4n) is 2.05. The number of amides is 1. The molecule has 0 saturated carbocycles. The topological polar surface area (TPSA) is 68.0 Å². The van der Waals surface area contributed by atoms with Crippen molar-refractivity contribution in [1.82, 2.24) is 15.5 Å². The molecule has 1 atom stereocenters. The summed E-state index contributed by atoms with van der Waals surface area (Å²) in [6, 6.07) is 0.678. The number of rotatable bonds is 3. The van der Waals surface area contributed by atoms with Crippen LogP contribution in [0.2, 0.25) is 0 Å². The Kier molecular flexibility index (Phi) is 3.78. The Morgan fingerprint density at radius 1 is 1.40 bits per heavy atom. The van der Waals surface area contributed by atoms with Gasteiger partial charge < -0.3 is 9.84 Å². The number of carbonyl (C=O) groups excluding carboxylic acids is 1. The lowest BCUT2D eigenvalue weighted by Gasteiger charge is -2.14. The normalized spacial score (nSPS) is 12.2. The summed E-state index contributed by atoms with van der Waals surface area (Å²) in [5, 5.41) is 6.35. The zero-order valence-corrected chi connectivity index (χ0v) is 11.2. The predicted molar refractivity (Wildman–Crippen MR) is 66.0 cm³/mol. The summed E-state index contributed by atoms with van der Waals surface area (Å²) in [4.78, 5) is 15.1. The maximum absolute atomic E-state index is 13.5. The molecule has 2 heterocycles. The Labute approximate surface area is 114 Å². The molecule has 0 saturated heterocycles. The van der Waals surface area contributed by atoms with Crippen molar-refractivity contribution in [3.05, 3.63) is 46.6 Å². The Hall–Kier alpha value is -2.31. The first-order valence-corrected chi connectivity index (χ1v) is 5.95. The van der Waals surface area contributed by atoms with Crippen molar-refractivity contribution >= 4 is 5.91 Å². The minimum Gasteiger partial charge on any atom is -0.361 e. The molecule has 2 rings (SSSR count). The molecule has 0 fully saturated rings. The van der Waals surface area contributed by atoms with E-state index in [2.05, 4.69) is 15.5 Å². The van der Waals surface area contributed by atoms with Gasteiger partial charge >= 0.3 is 0 Å². The van der Waals surface area contributed by atoms with Crippen LogP contribution in [0, 0.1) is 25.6 Å². The van der Waals surface area contributed by atoms with Gasteiger partial charge in [0.25, 0.3) is 5.91 Å². The van der Waals surface area contributed by atoms with Crippen molar-refractivity contribution in [2.45, 2.75) is 26.8 Å². The summed E-state index contributed by atoms with van der Waals surface area (Å²) in [5.41, 5.74) is 0.959. The summed E-state index contributed by atoms with van der Waals surface area (Å²) < 4.78 is 31.5. The number of halogens is 2. The van der Waals surface area contributed by atoms with Gasteiger partial charge in [0, 0.05) is 11.8 Å². The molecule has 0 aliphatic rings. The number of aromatic nitrogens is 2. The number of hydrogen-bond acceptors (Lipinski definition) is 4. The summed E-state index contributed by atoms with van der Waals surface area (Å²) >= 11 is 0. The zero-order chi connectivity index (χ0) is 14.9. The molecule has 1 unspecified atom stereocenters. The van der Waals surface area contributed by atoms with E-state index in [0.29, 0.717) is 17.0 Å². The zero-order valence-electron chi connectivity index (χ0n) is 11.2. The van der Waals surface area contributed by atoms with Crippen LogP contribution in [0.1, 0.15) is 40.3 Å². The smallest absolute Gasteiger partial charge is 0.254 e. The third-order valence-electron chi connectivity index (χ3n) is 2.96. The molecule has 20 heavy (non-hydrogen) atoms. The van der Waals surface area contributed by atoms with Crippen molar-refractivity contribution in [2.75, 3.05) is 0 Å². The quantitative estimate of drug-likeness (QED) is 0.877. The fraction of sp³-hybridized carbons (Fsp3) is 0.308. The highest BCUT2D eigenvalue weighted by atomic mass is 19.2. The molecule has 5 nitrogen and oxygen atoms in total. The molecule has 0 radical (unpaired) electrons. The Bertz CT molecular complexity index is 636. The molecule has 106 valence electrons. The number of nitrogens with one attached hydrogen (secondary N) is 1. The molecule has 0 bridgehead atoms. The van der Waals surface area contributed by atoms with Gasteiger partial charge in [-0.3, -0.25) is 4.79 Å². The van der Waals surface area contributed by atoms with Crippen LogP contribution in [0.4, 0.5) is 8.78 Å². The molecule has 0 aromatic carbocycles.